The summed E-state index contributed by atoms with van der Waals surface area (Å²) in [5.41, 5.74) is 6.07. The lowest BCUT2D eigenvalue weighted by Crippen LogP contribution is -2.47. The van der Waals surface area contributed by atoms with Crippen molar-refractivity contribution < 1.29 is 14.3 Å². The minimum atomic E-state index is -0.365. The fourth-order valence-electron chi connectivity index (χ4n) is 2.37. The molecule has 18 heavy (non-hydrogen) atoms. The van der Waals surface area contributed by atoms with Crippen molar-refractivity contribution in [2.45, 2.75) is 19.3 Å². The van der Waals surface area contributed by atoms with E-state index >= 15 is 0 Å². The lowest BCUT2D eigenvalue weighted by atomic mass is 9.68. The fraction of sp³-hybridized carbons (Fsp3) is 0.462. The predicted octanol–water partition coefficient (Wildman–Crippen LogP) is 1.48. The molecule has 5 nitrogen and oxygen atoms in total. The normalized spacial score (nSPS) is 19.2. The van der Waals surface area contributed by atoms with Gasteiger partial charge in [-0.2, -0.15) is 0 Å². The zero-order chi connectivity index (χ0) is 12.6. The van der Waals surface area contributed by atoms with Crippen molar-refractivity contribution in [3.05, 3.63) is 18.2 Å². The van der Waals surface area contributed by atoms with E-state index in [1.54, 1.807) is 12.1 Å². The summed E-state index contributed by atoms with van der Waals surface area (Å²) in [6, 6.07) is 5.39. The van der Waals surface area contributed by atoms with E-state index in [0.717, 1.165) is 24.9 Å². The van der Waals surface area contributed by atoms with Crippen LogP contribution in [0.4, 0.5) is 5.69 Å². The van der Waals surface area contributed by atoms with Gasteiger partial charge in [0.1, 0.15) is 0 Å². The number of carbonyl (C=O) groups excluding carboxylic acids is 1. The van der Waals surface area contributed by atoms with E-state index < -0.39 is 0 Å². The Bertz CT molecular complexity index is 478. The number of benzene rings is 1. The van der Waals surface area contributed by atoms with Crippen molar-refractivity contribution in [3.8, 4) is 11.5 Å². The Morgan fingerprint density at radius 2 is 2.11 bits per heavy atom. The predicted molar refractivity (Wildman–Crippen MR) is 66.5 cm³/mol. The van der Waals surface area contributed by atoms with Crippen LogP contribution in [0.2, 0.25) is 0 Å². The van der Waals surface area contributed by atoms with Gasteiger partial charge in [0.2, 0.25) is 12.7 Å². The molecule has 0 bridgehead atoms. The number of nitrogens with one attached hydrogen (secondary N) is 1. The Hall–Kier alpha value is -1.75. The summed E-state index contributed by atoms with van der Waals surface area (Å²) in [5, 5.41) is 2.91. The number of fused-ring (bicyclic) bond motifs is 1. The second kappa shape index (κ2) is 4.17. The first-order valence-corrected chi connectivity index (χ1v) is 6.15. The maximum Gasteiger partial charge on any atom is 0.231 e. The lowest BCUT2D eigenvalue weighted by molar-refractivity contribution is -0.129. The summed E-state index contributed by atoms with van der Waals surface area (Å²) in [4.78, 5) is 12.2. The van der Waals surface area contributed by atoms with E-state index in [1.165, 1.54) is 0 Å². The van der Waals surface area contributed by atoms with E-state index in [1.807, 2.05) is 6.07 Å². The topological polar surface area (TPSA) is 73.6 Å². The average Bonchev–Trinajstić information content (AvgIpc) is 2.75. The highest BCUT2D eigenvalue weighted by molar-refractivity contribution is 5.96. The number of nitrogens with two attached hydrogens (primary N) is 1. The SMILES string of the molecule is NCC1(C(=O)Nc2ccc3c(c2)OCO3)CCC1. The largest absolute Gasteiger partial charge is 0.454 e. The molecule has 0 spiro atoms. The van der Waals surface area contributed by atoms with Crippen LogP contribution in [-0.2, 0) is 4.79 Å². The lowest BCUT2D eigenvalue weighted by Gasteiger charge is -2.39. The molecule has 1 fully saturated rings. The molecule has 1 aromatic rings. The van der Waals surface area contributed by atoms with Crippen LogP contribution in [0, 0.1) is 5.41 Å². The number of anilines is 1. The summed E-state index contributed by atoms with van der Waals surface area (Å²) >= 11 is 0. The first-order chi connectivity index (χ1) is 8.73. The maximum absolute atomic E-state index is 12.2. The Morgan fingerprint density at radius 3 is 2.78 bits per heavy atom. The minimum Gasteiger partial charge on any atom is -0.454 e. The maximum atomic E-state index is 12.2. The van der Waals surface area contributed by atoms with Crippen molar-refractivity contribution in [1.29, 1.82) is 0 Å². The Balaban J connectivity index is 1.74. The van der Waals surface area contributed by atoms with Crippen LogP contribution in [0.1, 0.15) is 19.3 Å². The van der Waals surface area contributed by atoms with Gasteiger partial charge in [-0.1, -0.05) is 6.42 Å². The summed E-state index contributed by atoms with van der Waals surface area (Å²) in [7, 11) is 0. The van der Waals surface area contributed by atoms with Crippen molar-refractivity contribution in [2.75, 3.05) is 18.7 Å². The van der Waals surface area contributed by atoms with Crippen LogP contribution in [0.15, 0.2) is 18.2 Å². The molecule has 5 heteroatoms. The molecule has 0 radical (unpaired) electrons. The van der Waals surface area contributed by atoms with E-state index in [2.05, 4.69) is 5.32 Å². The second-order valence-electron chi connectivity index (χ2n) is 4.86. The molecule has 1 heterocycles. The van der Waals surface area contributed by atoms with Gasteiger partial charge >= 0.3 is 0 Å². The number of carbonyl (C=O) groups is 1. The molecular formula is C13H16N2O3. The molecule has 3 rings (SSSR count). The van der Waals surface area contributed by atoms with Crippen molar-refractivity contribution >= 4 is 11.6 Å². The van der Waals surface area contributed by atoms with Gasteiger partial charge in [-0.25, -0.2) is 0 Å². The quantitative estimate of drug-likeness (QED) is 0.849. The molecule has 3 N–H and O–H groups in total. The van der Waals surface area contributed by atoms with Crippen LogP contribution in [0.25, 0.3) is 0 Å². The summed E-state index contributed by atoms with van der Waals surface area (Å²) in [6.45, 7) is 0.642. The smallest absolute Gasteiger partial charge is 0.231 e. The van der Waals surface area contributed by atoms with Gasteiger partial charge in [-0.05, 0) is 25.0 Å². The molecule has 2 aliphatic rings. The average molecular weight is 248 g/mol. The van der Waals surface area contributed by atoms with Crippen molar-refractivity contribution in [1.82, 2.24) is 0 Å². The molecule has 0 unspecified atom stereocenters. The van der Waals surface area contributed by atoms with E-state index in [0.29, 0.717) is 18.0 Å². The minimum absolute atomic E-state index is 0.00937. The van der Waals surface area contributed by atoms with Crippen LogP contribution in [-0.4, -0.2) is 19.2 Å². The third kappa shape index (κ3) is 1.71. The number of hydrogen-bond donors (Lipinski definition) is 2. The fourth-order valence-corrected chi connectivity index (χ4v) is 2.37. The molecule has 1 aliphatic heterocycles. The van der Waals surface area contributed by atoms with Crippen molar-refractivity contribution in [3.63, 3.8) is 0 Å². The highest BCUT2D eigenvalue weighted by atomic mass is 16.7. The Morgan fingerprint density at radius 1 is 1.33 bits per heavy atom. The zero-order valence-corrected chi connectivity index (χ0v) is 10.1. The van der Waals surface area contributed by atoms with Gasteiger partial charge in [-0.3, -0.25) is 4.79 Å². The molecule has 96 valence electrons. The van der Waals surface area contributed by atoms with E-state index in [-0.39, 0.29) is 18.1 Å². The van der Waals surface area contributed by atoms with Crippen molar-refractivity contribution in [2.24, 2.45) is 11.1 Å². The van der Waals surface area contributed by atoms with E-state index in [4.69, 9.17) is 15.2 Å². The molecule has 1 saturated carbocycles. The third-order valence-electron chi connectivity index (χ3n) is 3.81. The number of amides is 1. The number of hydrogen-bond acceptors (Lipinski definition) is 4. The molecule has 1 amide bonds. The molecular weight excluding hydrogens is 232 g/mol. The van der Waals surface area contributed by atoms with Crippen LogP contribution < -0.4 is 20.5 Å². The van der Waals surface area contributed by atoms with Gasteiger partial charge in [-0.15, -0.1) is 0 Å². The van der Waals surface area contributed by atoms with Gasteiger partial charge in [0, 0.05) is 18.3 Å². The number of rotatable bonds is 3. The van der Waals surface area contributed by atoms with Gasteiger partial charge in [0.05, 0.1) is 5.41 Å². The third-order valence-corrected chi connectivity index (χ3v) is 3.81. The first kappa shape index (κ1) is 11.3. The second-order valence-corrected chi connectivity index (χ2v) is 4.86. The monoisotopic (exact) mass is 248 g/mol. The molecule has 0 atom stereocenters. The molecule has 0 aromatic heterocycles. The van der Waals surface area contributed by atoms with Gasteiger partial charge in [0.25, 0.3) is 0 Å². The van der Waals surface area contributed by atoms with Crippen LogP contribution in [0.5, 0.6) is 11.5 Å². The van der Waals surface area contributed by atoms with E-state index in [9.17, 15) is 4.79 Å². The van der Waals surface area contributed by atoms with Gasteiger partial charge < -0.3 is 20.5 Å². The highest BCUT2D eigenvalue weighted by Crippen LogP contribution is 2.41. The van der Waals surface area contributed by atoms with Crippen LogP contribution in [0.3, 0.4) is 0 Å². The number of ether oxygens (including phenoxy) is 2. The standard InChI is InChI=1S/C13H16N2O3/c14-7-13(4-1-5-13)12(16)15-9-2-3-10-11(6-9)18-8-17-10/h2-3,6H,1,4-5,7-8,14H2,(H,15,16). The van der Waals surface area contributed by atoms with Crippen LogP contribution >= 0.6 is 0 Å². The summed E-state index contributed by atoms with van der Waals surface area (Å²) in [6.07, 6.45) is 2.82. The Kier molecular flexibility index (Phi) is 2.63. The molecule has 1 aliphatic carbocycles. The van der Waals surface area contributed by atoms with Gasteiger partial charge in [0.15, 0.2) is 11.5 Å². The summed E-state index contributed by atoms with van der Waals surface area (Å²) < 4.78 is 10.5. The highest BCUT2D eigenvalue weighted by Gasteiger charge is 2.42. The first-order valence-electron chi connectivity index (χ1n) is 6.15. The molecule has 0 saturated heterocycles. The zero-order valence-electron chi connectivity index (χ0n) is 10.1. The Labute approximate surface area is 105 Å². The summed E-state index contributed by atoms with van der Waals surface area (Å²) in [5.74, 6) is 1.39. The molecule has 1 aromatic carbocycles.